The van der Waals surface area contributed by atoms with Crippen molar-refractivity contribution in [2.75, 3.05) is 13.1 Å². The van der Waals surface area contributed by atoms with E-state index in [0.29, 0.717) is 5.92 Å². The molecule has 0 bridgehead atoms. The summed E-state index contributed by atoms with van der Waals surface area (Å²) >= 11 is 0. The molecule has 132 valence electrons. The van der Waals surface area contributed by atoms with Gasteiger partial charge in [0, 0.05) is 25.9 Å². The fraction of sp³-hybridized carbons (Fsp3) is 0.824. The highest BCUT2D eigenvalue weighted by Gasteiger charge is 2.39. The van der Waals surface area contributed by atoms with Crippen molar-refractivity contribution in [2.24, 2.45) is 17.3 Å². The first-order valence-electron chi connectivity index (χ1n) is 8.31. The Balaban J connectivity index is 2.85. The van der Waals surface area contributed by atoms with E-state index in [1.54, 1.807) is 0 Å². The van der Waals surface area contributed by atoms with E-state index in [9.17, 15) is 19.5 Å². The number of nitrogens with one attached hydrogen (secondary N) is 1. The summed E-state index contributed by atoms with van der Waals surface area (Å²) in [6.45, 7) is 9.87. The Morgan fingerprint density at radius 1 is 1.30 bits per heavy atom. The van der Waals surface area contributed by atoms with E-state index in [4.69, 9.17) is 0 Å². The van der Waals surface area contributed by atoms with Gasteiger partial charge in [0.15, 0.2) is 0 Å². The third-order valence-electron chi connectivity index (χ3n) is 4.57. The molecule has 1 saturated carbocycles. The van der Waals surface area contributed by atoms with E-state index in [1.165, 1.54) is 18.7 Å². The third kappa shape index (κ3) is 5.84. The molecule has 2 N–H and O–H groups in total. The van der Waals surface area contributed by atoms with E-state index in [2.05, 4.69) is 26.1 Å². The molecule has 0 spiro atoms. The molecule has 0 heterocycles. The summed E-state index contributed by atoms with van der Waals surface area (Å²) in [6, 6.07) is -0.892. The summed E-state index contributed by atoms with van der Waals surface area (Å²) in [7, 11) is 0. The topological polar surface area (TPSA) is 86.7 Å². The van der Waals surface area contributed by atoms with Crippen LogP contribution in [0.3, 0.4) is 0 Å². The van der Waals surface area contributed by atoms with Crippen LogP contribution in [0.4, 0.5) is 0 Å². The second-order valence-electron chi connectivity index (χ2n) is 7.64. The van der Waals surface area contributed by atoms with Gasteiger partial charge in [-0.1, -0.05) is 20.8 Å². The number of carbonyl (C=O) groups excluding carboxylic acids is 2. The van der Waals surface area contributed by atoms with Crippen LogP contribution in [-0.2, 0) is 14.4 Å². The third-order valence-corrected chi connectivity index (χ3v) is 4.57. The van der Waals surface area contributed by atoms with Gasteiger partial charge in [0.1, 0.15) is 6.04 Å². The van der Waals surface area contributed by atoms with Crippen LogP contribution in [0, 0.1) is 17.3 Å². The number of carboxylic acids is 1. The number of nitrogens with zero attached hydrogens (tertiary/aromatic N) is 1. The molecule has 1 aliphatic rings. The summed E-state index contributed by atoms with van der Waals surface area (Å²) in [6.07, 6.45) is 2.65. The molecule has 0 aromatic heterocycles. The minimum Gasteiger partial charge on any atom is -0.480 e. The Bertz CT molecular complexity index is 462. The number of hydrogen-bond donors (Lipinski definition) is 2. The van der Waals surface area contributed by atoms with Gasteiger partial charge in [0.05, 0.1) is 0 Å². The molecule has 2 amide bonds. The van der Waals surface area contributed by atoms with E-state index >= 15 is 0 Å². The van der Waals surface area contributed by atoms with Crippen LogP contribution < -0.4 is 5.32 Å². The minimum atomic E-state index is -1.02. The fourth-order valence-corrected chi connectivity index (χ4v) is 3.75. The highest BCUT2D eigenvalue weighted by atomic mass is 16.4. The zero-order valence-corrected chi connectivity index (χ0v) is 14.9. The zero-order valence-electron chi connectivity index (χ0n) is 14.9. The van der Waals surface area contributed by atoms with Gasteiger partial charge in [0.25, 0.3) is 0 Å². The molecule has 0 aromatic rings. The predicted molar refractivity (Wildman–Crippen MR) is 87.8 cm³/mol. The maximum absolute atomic E-state index is 12.9. The lowest BCUT2D eigenvalue weighted by Crippen LogP contribution is -2.50. The molecule has 0 radical (unpaired) electrons. The molecular weight excluding hydrogens is 296 g/mol. The van der Waals surface area contributed by atoms with Crippen molar-refractivity contribution in [1.29, 1.82) is 0 Å². The zero-order chi connectivity index (χ0) is 17.8. The summed E-state index contributed by atoms with van der Waals surface area (Å²) in [5.74, 6) is -1.01. The molecule has 1 rings (SSSR count). The summed E-state index contributed by atoms with van der Waals surface area (Å²) in [4.78, 5) is 36.6. The first-order chi connectivity index (χ1) is 10.5. The van der Waals surface area contributed by atoms with Crippen molar-refractivity contribution >= 4 is 17.8 Å². The molecule has 3 atom stereocenters. The van der Waals surface area contributed by atoms with Crippen LogP contribution in [-0.4, -0.2) is 46.9 Å². The lowest BCUT2D eigenvalue weighted by atomic mass is 9.67. The maximum Gasteiger partial charge on any atom is 0.326 e. The quantitative estimate of drug-likeness (QED) is 0.780. The number of amides is 2. The number of rotatable bonds is 6. The van der Waals surface area contributed by atoms with E-state index in [-0.39, 0.29) is 36.2 Å². The first-order valence-corrected chi connectivity index (χ1v) is 8.31. The smallest absolute Gasteiger partial charge is 0.326 e. The first kappa shape index (κ1) is 19.5. The van der Waals surface area contributed by atoms with E-state index < -0.39 is 12.0 Å². The molecule has 23 heavy (non-hydrogen) atoms. The summed E-state index contributed by atoms with van der Waals surface area (Å²) < 4.78 is 0. The number of hydrogen-bond acceptors (Lipinski definition) is 3. The van der Waals surface area contributed by atoms with Crippen LogP contribution in [0.15, 0.2) is 0 Å². The highest BCUT2D eigenvalue weighted by Crippen LogP contribution is 2.42. The Labute approximate surface area is 138 Å². The Hall–Kier alpha value is -1.59. The fourth-order valence-electron chi connectivity index (χ4n) is 3.75. The minimum absolute atomic E-state index is 0.0910. The van der Waals surface area contributed by atoms with Gasteiger partial charge in [0.2, 0.25) is 11.8 Å². The van der Waals surface area contributed by atoms with Crippen molar-refractivity contribution < 1.29 is 19.5 Å². The van der Waals surface area contributed by atoms with Gasteiger partial charge in [-0.05, 0) is 37.5 Å². The second kappa shape index (κ2) is 7.79. The van der Waals surface area contributed by atoms with Gasteiger partial charge < -0.3 is 15.3 Å². The highest BCUT2D eigenvalue weighted by molar-refractivity contribution is 5.85. The molecule has 0 aliphatic heterocycles. The Morgan fingerprint density at radius 3 is 2.39 bits per heavy atom. The van der Waals surface area contributed by atoms with Crippen molar-refractivity contribution in [3.8, 4) is 0 Å². The Kier molecular flexibility index (Phi) is 6.59. The van der Waals surface area contributed by atoms with Crippen molar-refractivity contribution in [3.63, 3.8) is 0 Å². The van der Waals surface area contributed by atoms with Crippen LogP contribution in [0.1, 0.15) is 53.9 Å². The van der Waals surface area contributed by atoms with Crippen molar-refractivity contribution in [1.82, 2.24) is 10.2 Å². The SMILES string of the molecule is CC(=O)NCCN(C(=O)C1CC(C)CC(C)(C)C1)C(C)C(=O)O. The van der Waals surface area contributed by atoms with Gasteiger partial charge in [-0.2, -0.15) is 0 Å². The standard InChI is InChI=1S/C17H30N2O4/c1-11-8-14(10-17(4,5)9-11)15(21)19(12(2)16(22)23)7-6-18-13(3)20/h11-12,14H,6-10H2,1-5H3,(H,18,20)(H,22,23). The van der Waals surface area contributed by atoms with Crippen molar-refractivity contribution in [3.05, 3.63) is 0 Å². The number of carbonyl (C=O) groups is 3. The van der Waals surface area contributed by atoms with Crippen molar-refractivity contribution in [2.45, 2.75) is 59.9 Å². The number of aliphatic carboxylic acids is 1. The molecule has 0 aromatic carbocycles. The summed E-state index contributed by atoms with van der Waals surface area (Å²) in [5.41, 5.74) is 0.0910. The van der Waals surface area contributed by atoms with Gasteiger partial charge in [-0.25, -0.2) is 4.79 Å². The lowest BCUT2D eigenvalue weighted by molar-refractivity contribution is -0.152. The molecule has 1 aliphatic carbocycles. The van der Waals surface area contributed by atoms with E-state index in [1.807, 2.05) is 0 Å². The van der Waals surface area contributed by atoms with Gasteiger partial charge >= 0.3 is 5.97 Å². The molecule has 0 saturated heterocycles. The summed E-state index contributed by atoms with van der Waals surface area (Å²) in [5, 5.41) is 11.9. The molecule has 3 unspecified atom stereocenters. The maximum atomic E-state index is 12.9. The predicted octanol–water partition coefficient (Wildman–Crippen LogP) is 1.89. The second-order valence-corrected chi connectivity index (χ2v) is 7.64. The van der Waals surface area contributed by atoms with Crippen LogP contribution >= 0.6 is 0 Å². The van der Waals surface area contributed by atoms with E-state index in [0.717, 1.165) is 19.3 Å². The molecule has 1 fully saturated rings. The van der Waals surface area contributed by atoms with Crippen LogP contribution in [0.5, 0.6) is 0 Å². The van der Waals surface area contributed by atoms with Gasteiger partial charge in [-0.3, -0.25) is 9.59 Å². The monoisotopic (exact) mass is 326 g/mol. The normalized spacial score (nSPS) is 24.6. The molecule has 6 heteroatoms. The lowest BCUT2D eigenvalue weighted by Gasteiger charge is -2.40. The van der Waals surface area contributed by atoms with Gasteiger partial charge in [-0.15, -0.1) is 0 Å². The molecule has 6 nitrogen and oxygen atoms in total. The van der Waals surface area contributed by atoms with Crippen LogP contribution in [0.2, 0.25) is 0 Å². The Morgan fingerprint density at radius 2 is 1.91 bits per heavy atom. The molecular formula is C17H30N2O4. The average Bonchev–Trinajstić information content (AvgIpc) is 2.39. The average molecular weight is 326 g/mol. The van der Waals surface area contributed by atoms with Crippen LogP contribution in [0.25, 0.3) is 0 Å². The largest absolute Gasteiger partial charge is 0.480 e. The number of carboxylic acid groups (broad SMARTS) is 1.